The Morgan fingerprint density at radius 2 is 2.32 bits per heavy atom. The van der Waals surface area contributed by atoms with Crippen molar-refractivity contribution in [2.45, 2.75) is 6.42 Å². The fraction of sp³-hybridized carbons (Fsp3) is 0.455. The molecule has 0 aliphatic carbocycles. The van der Waals surface area contributed by atoms with Gasteiger partial charge in [-0.3, -0.25) is 0 Å². The summed E-state index contributed by atoms with van der Waals surface area (Å²) in [5.74, 6) is -0.493. The van der Waals surface area contributed by atoms with Crippen LogP contribution in [0.5, 0.6) is 0 Å². The van der Waals surface area contributed by atoms with Crippen LogP contribution in [0.1, 0.15) is 16.8 Å². The number of nitrogens with zero attached hydrogens (tertiary/aromatic N) is 1. The molecule has 19 heavy (non-hydrogen) atoms. The number of sulfone groups is 1. The number of carboxylic acids is 1. The number of rotatable bonds is 4. The standard InChI is InChI=1S/C11H13ClN2O4S/c12-9-8(11(15)16)1-3-13-10(9)14-5-7-2-4-19(17,18)6-7/h1,3,7H,2,4-6H2,(H,13,14)(H,15,16). The van der Waals surface area contributed by atoms with Gasteiger partial charge in [0.1, 0.15) is 5.82 Å². The molecule has 6 nitrogen and oxygen atoms in total. The van der Waals surface area contributed by atoms with Crippen molar-refractivity contribution in [1.82, 2.24) is 4.98 Å². The molecule has 1 aromatic heterocycles. The summed E-state index contributed by atoms with van der Waals surface area (Å²) >= 11 is 5.92. The predicted molar refractivity (Wildman–Crippen MR) is 71.5 cm³/mol. The van der Waals surface area contributed by atoms with Gasteiger partial charge in [-0.2, -0.15) is 0 Å². The summed E-state index contributed by atoms with van der Waals surface area (Å²) in [5.41, 5.74) is -0.0294. The van der Waals surface area contributed by atoms with Crippen LogP contribution < -0.4 is 5.32 Å². The molecule has 1 aromatic rings. The van der Waals surface area contributed by atoms with E-state index in [-0.39, 0.29) is 33.8 Å². The van der Waals surface area contributed by atoms with Crippen LogP contribution in [0, 0.1) is 5.92 Å². The molecule has 0 spiro atoms. The number of halogens is 1. The first-order valence-corrected chi connectivity index (χ1v) is 7.91. The third-order valence-corrected chi connectivity index (χ3v) is 5.22. The van der Waals surface area contributed by atoms with Crippen molar-refractivity contribution in [1.29, 1.82) is 0 Å². The van der Waals surface area contributed by atoms with Crippen molar-refractivity contribution in [3.05, 3.63) is 22.8 Å². The highest BCUT2D eigenvalue weighted by Gasteiger charge is 2.27. The van der Waals surface area contributed by atoms with Crippen LogP contribution in [0.15, 0.2) is 12.3 Å². The number of nitrogens with one attached hydrogen (secondary N) is 1. The van der Waals surface area contributed by atoms with Crippen LogP contribution in [0.4, 0.5) is 5.82 Å². The van der Waals surface area contributed by atoms with Crippen molar-refractivity contribution in [3.63, 3.8) is 0 Å². The molecule has 1 aliphatic rings. The molecule has 2 heterocycles. The number of pyridine rings is 1. The Balaban J connectivity index is 2.05. The minimum absolute atomic E-state index is 0.0105. The number of aromatic nitrogens is 1. The molecule has 2 rings (SSSR count). The molecule has 1 saturated heterocycles. The molecule has 0 amide bonds. The SMILES string of the molecule is O=C(O)c1ccnc(NCC2CCS(=O)(=O)C2)c1Cl. The summed E-state index contributed by atoms with van der Waals surface area (Å²) in [7, 11) is -2.92. The number of aromatic carboxylic acids is 1. The highest BCUT2D eigenvalue weighted by atomic mass is 35.5. The van der Waals surface area contributed by atoms with Crippen LogP contribution in [-0.4, -0.2) is 42.5 Å². The van der Waals surface area contributed by atoms with E-state index in [0.717, 1.165) is 0 Å². The van der Waals surface area contributed by atoms with Crippen LogP contribution in [-0.2, 0) is 9.84 Å². The summed E-state index contributed by atoms with van der Waals surface area (Å²) < 4.78 is 22.6. The van der Waals surface area contributed by atoms with Gasteiger partial charge in [-0.15, -0.1) is 0 Å². The molecular formula is C11H13ClN2O4S. The summed E-state index contributed by atoms with van der Waals surface area (Å²) in [4.78, 5) is 14.9. The van der Waals surface area contributed by atoms with Crippen LogP contribution in [0.3, 0.4) is 0 Å². The molecule has 1 atom stereocenters. The molecule has 0 bridgehead atoms. The van der Waals surface area contributed by atoms with Gasteiger partial charge in [-0.1, -0.05) is 11.6 Å². The maximum absolute atomic E-state index is 11.3. The zero-order chi connectivity index (χ0) is 14.0. The number of hydrogen-bond acceptors (Lipinski definition) is 5. The van der Waals surface area contributed by atoms with Gasteiger partial charge in [0.25, 0.3) is 0 Å². The highest BCUT2D eigenvalue weighted by Crippen LogP contribution is 2.25. The first-order valence-electron chi connectivity index (χ1n) is 5.71. The lowest BCUT2D eigenvalue weighted by Crippen LogP contribution is -2.17. The minimum atomic E-state index is -2.92. The van der Waals surface area contributed by atoms with Gasteiger partial charge in [0.15, 0.2) is 9.84 Å². The molecule has 8 heteroatoms. The van der Waals surface area contributed by atoms with E-state index in [0.29, 0.717) is 13.0 Å². The molecule has 0 radical (unpaired) electrons. The van der Waals surface area contributed by atoms with Crippen molar-refractivity contribution < 1.29 is 18.3 Å². The first-order chi connectivity index (χ1) is 8.89. The monoisotopic (exact) mass is 304 g/mol. The minimum Gasteiger partial charge on any atom is -0.478 e. The van der Waals surface area contributed by atoms with Gasteiger partial charge < -0.3 is 10.4 Å². The predicted octanol–water partition coefficient (Wildman–Crippen LogP) is 1.28. The molecule has 1 unspecified atom stereocenters. The summed E-state index contributed by atoms with van der Waals surface area (Å²) in [6.45, 7) is 0.412. The Hall–Kier alpha value is -1.34. The van der Waals surface area contributed by atoms with Crippen LogP contribution >= 0.6 is 11.6 Å². The van der Waals surface area contributed by atoms with Crippen molar-refractivity contribution in [3.8, 4) is 0 Å². The van der Waals surface area contributed by atoms with E-state index >= 15 is 0 Å². The quantitative estimate of drug-likeness (QED) is 0.870. The molecule has 2 N–H and O–H groups in total. The van der Waals surface area contributed by atoms with Gasteiger partial charge in [0.05, 0.1) is 22.1 Å². The molecular weight excluding hydrogens is 292 g/mol. The lowest BCUT2D eigenvalue weighted by Gasteiger charge is -2.12. The van der Waals surface area contributed by atoms with Crippen molar-refractivity contribution >= 4 is 33.2 Å². The maximum Gasteiger partial charge on any atom is 0.337 e. The van der Waals surface area contributed by atoms with Gasteiger partial charge >= 0.3 is 5.97 Å². The van der Waals surface area contributed by atoms with Gasteiger partial charge in [-0.25, -0.2) is 18.2 Å². The Bertz CT molecular complexity index is 603. The Labute approximate surface area is 115 Å². The molecule has 1 fully saturated rings. The third-order valence-electron chi connectivity index (χ3n) is 3.00. The summed E-state index contributed by atoms with van der Waals surface area (Å²) in [6, 6.07) is 1.32. The molecule has 0 saturated carbocycles. The number of hydrogen-bond donors (Lipinski definition) is 2. The normalized spacial score (nSPS) is 21.2. The zero-order valence-corrected chi connectivity index (χ0v) is 11.5. The van der Waals surface area contributed by atoms with E-state index in [1.54, 1.807) is 0 Å². The Morgan fingerprint density at radius 3 is 2.89 bits per heavy atom. The second-order valence-electron chi connectivity index (χ2n) is 4.48. The lowest BCUT2D eigenvalue weighted by molar-refractivity contribution is 0.0697. The van der Waals surface area contributed by atoms with Crippen LogP contribution in [0.2, 0.25) is 5.02 Å². The van der Waals surface area contributed by atoms with Gasteiger partial charge in [0.2, 0.25) is 0 Å². The van der Waals surface area contributed by atoms with E-state index in [1.165, 1.54) is 12.3 Å². The molecule has 1 aliphatic heterocycles. The Morgan fingerprint density at radius 1 is 1.58 bits per heavy atom. The molecule has 0 aromatic carbocycles. The van der Waals surface area contributed by atoms with Gasteiger partial charge in [0, 0.05) is 12.7 Å². The fourth-order valence-corrected chi connectivity index (χ4v) is 4.13. The summed E-state index contributed by atoms with van der Waals surface area (Å²) in [5, 5.41) is 11.9. The number of anilines is 1. The average Bonchev–Trinajstić information content (AvgIpc) is 2.67. The Kier molecular flexibility index (Phi) is 3.96. The highest BCUT2D eigenvalue weighted by molar-refractivity contribution is 7.91. The fourth-order valence-electron chi connectivity index (χ4n) is 2.01. The zero-order valence-electron chi connectivity index (χ0n) is 9.97. The van der Waals surface area contributed by atoms with Crippen molar-refractivity contribution in [2.75, 3.05) is 23.4 Å². The molecule has 104 valence electrons. The van der Waals surface area contributed by atoms with E-state index in [4.69, 9.17) is 16.7 Å². The van der Waals surface area contributed by atoms with Crippen LogP contribution in [0.25, 0.3) is 0 Å². The summed E-state index contributed by atoms with van der Waals surface area (Å²) in [6.07, 6.45) is 1.95. The second-order valence-corrected chi connectivity index (χ2v) is 7.08. The van der Waals surface area contributed by atoms with E-state index in [1.807, 2.05) is 0 Å². The number of carbonyl (C=O) groups is 1. The van der Waals surface area contributed by atoms with E-state index in [2.05, 4.69) is 10.3 Å². The first kappa shape index (κ1) is 14.1. The largest absolute Gasteiger partial charge is 0.478 e. The second kappa shape index (κ2) is 5.34. The van der Waals surface area contributed by atoms with E-state index in [9.17, 15) is 13.2 Å². The maximum atomic E-state index is 11.3. The lowest BCUT2D eigenvalue weighted by atomic mass is 10.1. The number of carboxylic acid groups (broad SMARTS) is 1. The third kappa shape index (κ3) is 3.36. The van der Waals surface area contributed by atoms with Gasteiger partial charge in [-0.05, 0) is 18.4 Å². The topological polar surface area (TPSA) is 96.4 Å². The average molecular weight is 305 g/mol. The van der Waals surface area contributed by atoms with E-state index < -0.39 is 15.8 Å². The smallest absolute Gasteiger partial charge is 0.337 e. The van der Waals surface area contributed by atoms with Crippen molar-refractivity contribution in [2.24, 2.45) is 5.92 Å².